The molecule has 1 aliphatic rings. The van der Waals surface area contributed by atoms with Crippen LogP contribution in [-0.2, 0) is 19.1 Å². The summed E-state index contributed by atoms with van der Waals surface area (Å²) in [5.41, 5.74) is -0.769. The molecule has 0 amide bonds. The van der Waals surface area contributed by atoms with E-state index in [1.807, 2.05) is 6.92 Å². The highest BCUT2D eigenvalue weighted by Gasteiger charge is 2.47. The molecule has 0 aromatic heterocycles. The van der Waals surface area contributed by atoms with Crippen LogP contribution < -0.4 is 0 Å². The second-order valence-corrected chi connectivity index (χ2v) is 5.51. The molecule has 0 saturated carbocycles. The summed E-state index contributed by atoms with van der Waals surface area (Å²) in [4.78, 5) is 24.3. The average molecular weight is 282 g/mol. The van der Waals surface area contributed by atoms with Crippen LogP contribution in [0.3, 0.4) is 0 Å². The van der Waals surface area contributed by atoms with Crippen LogP contribution >= 0.6 is 0 Å². The summed E-state index contributed by atoms with van der Waals surface area (Å²) >= 11 is 0. The van der Waals surface area contributed by atoms with E-state index in [4.69, 9.17) is 9.47 Å². The topological polar surface area (TPSA) is 52.6 Å². The number of ether oxygens (including phenoxy) is 2. The lowest BCUT2D eigenvalue weighted by Gasteiger charge is -2.23. The Morgan fingerprint density at radius 3 is 2.45 bits per heavy atom. The van der Waals surface area contributed by atoms with Crippen molar-refractivity contribution in [2.75, 3.05) is 7.11 Å². The molecule has 1 heterocycles. The lowest BCUT2D eigenvalue weighted by molar-refractivity contribution is -0.139. The van der Waals surface area contributed by atoms with Crippen LogP contribution in [0.15, 0.2) is 11.3 Å². The highest BCUT2D eigenvalue weighted by molar-refractivity contribution is 6.22. The zero-order valence-electron chi connectivity index (χ0n) is 13.1. The predicted octanol–water partition coefficient (Wildman–Crippen LogP) is 3.54. The normalized spacial score (nSPS) is 22.1. The number of carbonyl (C=O) groups is 2. The average Bonchev–Trinajstić information content (AvgIpc) is 2.67. The number of hydrogen-bond acceptors (Lipinski definition) is 4. The zero-order valence-corrected chi connectivity index (χ0v) is 13.1. The highest BCUT2D eigenvalue weighted by Crippen LogP contribution is 2.37. The van der Waals surface area contributed by atoms with E-state index in [0.29, 0.717) is 18.6 Å². The van der Waals surface area contributed by atoms with Crippen LogP contribution in [0.4, 0.5) is 0 Å². The summed E-state index contributed by atoms with van der Waals surface area (Å²) in [6.45, 7) is 5.93. The molecule has 1 rings (SSSR count). The Kier molecular flexibility index (Phi) is 6.24. The Labute approximate surface area is 121 Å². The molecule has 0 unspecified atom stereocenters. The molecule has 114 valence electrons. The molecular formula is C16H26O4. The number of Topliss-reactive ketones (excluding diaryl/α,β-unsaturated/α-hetero) is 1. The minimum atomic E-state index is -0.887. The maximum Gasteiger partial charge on any atom is 0.345 e. The second kappa shape index (κ2) is 7.46. The fourth-order valence-corrected chi connectivity index (χ4v) is 2.53. The van der Waals surface area contributed by atoms with Crippen molar-refractivity contribution in [3.63, 3.8) is 0 Å². The largest absolute Gasteiger partial charge is 0.483 e. The molecular weight excluding hydrogens is 256 g/mol. The van der Waals surface area contributed by atoms with E-state index < -0.39 is 11.6 Å². The number of methoxy groups -OCH3 is 1. The first kappa shape index (κ1) is 16.7. The van der Waals surface area contributed by atoms with Gasteiger partial charge in [0, 0.05) is 6.42 Å². The molecule has 4 nitrogen and oxygen atoms in total. The van der Waals surface area contributed by atoms with Gasteiger partial charge in [-0.3, -0.25) is 4.79 Å². The van der Waals surface area contributed by atoms with Gasteiger partial charge in [0.15, 0.2) is 5.60 Å². The third-order valence-electron chi connectivity index (χ3n) is 3.71. The zero-order chi connectivity index (χ0) is 15.2. The first-order valence-corrected chi connectivity index (χ1v) is 7.55. The quantitative estimate of drug-likeness (QED) is 0.388. The molecule has 4 heteroatoms. The first-order chi connectivity index (χ1) is 9.50. The summed E-state index contributed by atoms with van der Waals surface area (Å²) in [5.74, 6) is -0.289. The van der Waals surface area contributed by atoms with Crippen LogP contribution in [0.5, 0.6) is 0 Å². The predicted molar refractivity (Wildman–Crippen MR) is 77.2 cm³/mol. The fourth-order valence-electron chi connectivity index (χ4n) is 2.53. The summed E-state index contributed by atoms with van der Waals surface area (Å²) in [5, 5.41) is 0. The Hall–Kier alpha value is -1.32. The van der Waals surface area contributed by atoms with Gasteiger partial charge in [0.25, 0.3) is 0 Å². The molecule has 0 saturated heterocycles. The highest BCUT2D eigenvalue weighted by atomic mass is 16.5. The molecule has 1 atom stereocenters. The molecule has 1 aliphatic heterocycles. The van der Waals surface area contributed by atoms with Crippen LogP contribution in [-0.4, -0.2) is 24.5 Å². The SMILES string of the molecule is CCCCCC[C@@]1(C)OC(CCC)=C(C(=O)OC)C1=O. The van der Waals surface area contributed by atoms with Gasteiger partial charge in [-0.25, -0.2) is 4.79 Å². The van der Waals surface area contributed by atoms with Crippen molar-refractivity contribution in [2.24, 2.45) is 0 Å². The van der Waals surface area contributed by atoms with Gasteiger partial charge in [0.2, 0.25) is 5.78 Å². The summed E-state index contributed by atoms with van der Waals surface area (Å²) < 4.78 is 10.6. The fraction of sp³-hybridized carbons (Fsp3) is 0.750. The van der Waals surface area contributed by atoms with Crippen molar-refractivity contribution >= 4 is 11.8 Å². The van der Waals surface area contributed by atoms with Gasteiger partial charge in [0.1, 0.15) is 11.3 Å². The molecule has 0 aromatic rings. The van der Waals surface area contributed by atoms with E-state index >= 15 is 0 Å². The molecule has 0 radical (unpaired) electrons. The molecule has 0 aliphatic carbocycles. The van der Waals surface area contributed by atoms with E-state index in [9.17, 15) is 9.59 Å². The van der Waals surface area contributed by atoms with Gasteiger partial charge < -0.3 is 9.47 Å². The lowest BCUT2D eigenvalue weighted by atomic mass is 9.91. The number of hydrogen-bond donors (Lipinski definition) is 0. The molecule has 0 N–H and O–H groups in total. The molecule has 20 heavy (non-hydrogen) atoms. The number of rotatable bonds is 8. The van der Waals surface area contributed by atoms with Gasteiger partial charge in [-0.2, -0.15) is 0 Å². The van der Waals surface area contributed by atoms with Crippen molar-refractivity contribution in [1.29, 1.82) is 0 Å². The van der Waals surface area contributed by atoms with Crippen molar-refractivity contribution < 1.29 is 19.1 Å². The maximum atomic E-state index is 12.5. The van der Waals surface area contributed by atoms with E-state index in [1.54, 1.807) is 6.92 Å². The number of unbranched alkanes of at least 4 members (excludes halogenated alkanes) is 3. The third kappa shape index (κ3) is 3.62. The number of ketones is 1. The number of carbonyl (C=O) groups excluding carboxylic acids is 2. The second-order valence-electron chi connectivity index (χ2n) is 5.51. The Morgan fingerprint density at radius 2 is 1.90 bits per heavy atom. The minimum absolute atomic E-state index is 0.118. The van der Waals surface area contributed by atoms with Crippen LogP contribution in [0.1, 0.15) is 65.7 Å². The molecule has 0 aromatic carbocycles. The van der Waals surface area contributed by atoms with Gasteiger partial charge in [-0.1, -0.05) is 33.1 Å². The van der Waals surface area contributed by atoms with Crippen LogP contribution in [0.2, 0.25) is 0 Å². The summed E-state index contributed by atoms with van der Waals surface area (Å²) in [7, 11) is 1.29. The van der Waals surface area contributed by atoms with Crippen LogP contribution in [0.25, 0.3) is 0 Å². The van der Waals surface area contributed by atoms with Crippen molar-refractivity contribution in [3.05, 3.63) is 11.3 Å². The molecule has 0 spiro atoms. The summed E-state index contributed by atoms with van der Waals surface area (Å²) in [6.07, 6.45) is 6.40. The Balaban J connectivity index is 2.80. The van der Waals surface area contributed by atoms with E-state index in [2.05, 4.69) is 6.92 Å². The van der Waals surface area contributed by atoms with Gasteiger partial charge in [-0.15, -0.1) is 0 Å². The monoisotopic (exact) mass is 282 g/mol. The Bertz CT molecular complexity index is 397. The van der Waals surface area contributed by atoms with E-state index in [1.165, 1.54) is 7.11 Å². The number of allylic oxidation sites excluding steroid dienone is 1. The lowest BCUT2D eigenvalue weighted by Crippen LogP contribution is -2.35. The van der Waals surface area contributed by atoms with E-state index in [0.717, 1.165) is 32.1 Å². The van der Waals surface area contributed by atoms with Crippen molar-refractivity contribution in [3.8, 4) is 0 Å². The molecule has 0 fully saturated rings. The molecule has 0 bridgehead atoms. The van der Waals surface area contributed by atoms with Crippen LogP contribution in [0, 0.1) is 0 Å². The standard InChI is InChI=1S/C16H26O4/c1-5-7-8-9-11-16(3)14(17)13(15(18)19-4)12(20-16)10-6-2/h5-11H2,1-4H3/t16-/m1/s1. The minimum Gasteiger partial charge on any atom is -0.483 e. The van der Waals surface area contributed by atoms with Crippen molar-refractivity contribution in [1.82, 2.24) is 0 Å². The van der Waals surface area contributed by atoms with Gasteiger partial charge in [-0.05, 0) is 26.2 Å². The third-order valence-corrected chi connectivity index (χ3v) is 3.71. The maximum absolute atomic E-state index is 12.5. The summed E-state index contributed by atoms with van der Waals surface area (Å²) in [6, 6.07) is 0. The van der Waals surface area contributed by atoms with Gasteiger partial charge in [0.05, 0.1) is 7.11 Å². The Morgan fingerprint density at radius 1 is 1.20 bits per heavy atom. The first-order valence-electron chi connectivity index (χ1n) is 7.55. The van der Waals surface area contributed by atoms with Crippen molar-refractivity contribution in [2.45, 2.75) is 71.3 Å². The number of esters is 1. The smallest absolute Gasteiger partial charge is 0.345 e. The van der Waals surface area contributed by atoms with Gasteiger partial charge >= 0.3 is 5.97 Å². The van der Waals surface area contributed by atoms with E-state index in [-0.39, 0.29) is 11.4 Å².